The smallest absolute Gasteiger partial charge is 0.352 e. The molecule has 0 amide bonds. The number of rotatable bonds is 6. The second-order valence-corrected chi connectivity index (χ2v) is 7.74. The van der Waals surface area contributed by atoms with E-state index in [9.17, 15) is 31.1 Å². The first kappa shape index (κ1) is 24.3. The van der Waals surface area contributed by atoms with Crippen LogP contribution >= 0.6 is 0 Å². The highest BCUT2D eigenvalue weighted by atomic mass is 19.4. The number of alkyl halides is 6. The van der Waals surface area contributed by atoms with Crippen molar-refractivity contribution in [3.8, 4) is 0 Å². The number of ether oxygens (including phenoxy) is 2. The molecule has 2 aromatic carbocycles. The van der Waals surface area contributed by atoms with Crippen molar-refractivity contribution in [1.82, 2.24) is 0 Å². The summed E-state index contributed by atoms with van der Waals surface area (Å²) in [5.41, 5.74) is -2.25. The molecule has 174 valence electrons. The molecule has 1 aliphatic rings. The summed E-state index contributed by atoms with van der Waals surface area (Å²) >= 11 is 0. The van der Waals surface area contributed by atoms with Gasteiger partial charge in [-0.1, -0.05) is 30.3 Å². The van der Waals surface area contributed by atoms with Crippen molar-refractivity contribution in [2.45, 2.75) is 50.4 Å². The molecule has 9 heteroatoms. The fourth-order valence-corrected chi connectivity index (χ4v) is 3.95. The minimum absolute atomic E-state index is 0.0835. The van der Waals surface area contributed by atoms with E-state index in [4.69, 9.17) is 9.47 Å². The van der Waals surface area contributed by atoms with Crippen molar-refractivity contribution in [3.63, 3.8) is 0 Å². The highest BCUT2D eigenvalue weighted by molar-refractivity contribution is 5.50. The van der Waals surface area contributed by atoms with Crippen LogP contribution in [0.5, 0.6) is 0 Å². The Labute approximate surface area is 181 Å². The SMILES string of the molecule is CC(O[C@H]1OCC[C@H](CC=O)[C@H]1c1ccccc1)c1cc(C(F)(F)F)cc(C(F)(F)F)c1. The number of hydrogen-bond acceptors (Lipinski definition) is 3. The van der Waals surface area contributed by atoms with Gasteiger partial charge >= 0.3 is 12.4 Å². The van der Waals surface area contributed by atoms with Gasteiger partial charge in [0.15, 0.2) is 6.29 Å². The molecule has 3 nitrogen and oxygen atoms in total. The van der Waals surface area contributed by atoms with Gasteiger partial charge in [0.1, 0.15) is 6.29 Å². The Kier molecular flexibility index (Phi) is 7.29. The zero-order valence-corrected chi connectivity index (χ0v) is 17.1. The average molecular weight is 460 g/mol. The summed E-state index contributed by atoms with van der Waals surface area (Å²) in [7, 11) is 0. The summed E-state index contributed by atoms with van der Waals surface area (Å²) in [5, 5.41) is 0. The molecule has 1 unspecified atom stereocenters. The Morgan fingerprint density at radius 3 is 2.16 bits per heavy atom. The normalized spacial score (nSPS) is 23.0. The van der Waals surface area contributed by atoms with Gasteiger partial charge in [-0.2, -0.15) is 26.3 Å². The molecule has 1 aliphatic heterocycles. The van der Waals surface area contributed by atoms with Gasteiger partial charge < -0.3 is 14.3 Å². The van der Waals surface area contributed by atoms with Gasteiger partial charge in [0, 0.05) is 12.3 Å². The van der Waals surface area contributed by atoms with Crippen LogP contribution in [0.2, 0.25) is 0 Å². The second-order valence-electron chi connectivity index (χ2n) is 7.74. The third-order valence-corrected chi connectivity index (χ3v) is 5.57. The van der Waals surface area contributed by atoms with Gasteiger partial charge in [-0.15, -0.1) is 0 Å². The van der Waals surface area contributed by atoms with E-state index >= 15 is 0 Å². The first-order chi connectivity index (χ1) is 15.0. The van der Waals surface area contributed by atoms with Crippen LogP contribution in [0.4, 0.5) is 26.3 Å². The Morgan fingerprint density at radius 1 is 1.03 bits per heavy atom. The summed E-state index contributed by atoms with van der Waals surface area (Å²) in [6.45, 7) is 1.64. The molecule has 2 aromatic rings. The molecule has 0 saturated carbocycles. The molecule has 3 rings (SSSR count). The lowest BCUT2D eigenvalue weighted by atomic mass is 9.80. The van der Waals surface area contributed by atoms with Crippen molar-refractivity contribution in [3.05, 3.63) is 70.8 Å². The lowest BCUT2D eigenvalue weighted by Crippen LogP contribution is -2.37. The standard InChI is InChI=1S/C23H22F6O3/c1-14(17-11-18(22(24,25)26)13-19(12-17)23(27,28)29)32-21-20(15-5-3-2-4-6-15)16(7-9-30)8-10-31-21/h2-6,9,11-14,16,20-21H,7-8,10H2,1H3/t14?,16-,20+,21+/m0/s1. The van der Waals surface area contributed by atoms with Crippen LogP contribution in [-0.2, 0) is 26.6 Å². The predicted molar refractivity (Wildman–Crippen MR) is 104 cm³/mol. The van der Waals surface area contributed by atoms with Crippen LogP contribution in [0, 0.1) is 5.92 Å². The Balaban J connectivity index is 1.93. The highest BCUT2D eigenvalue weighted by Crippen LogP contribution is 2.42. The number of hydrogen-bond donors (Lipinski definition) is 0. The van der Waals surface area contributed by atoms with Gasteiger partial charge in [0.2, 0.25) is 0 Å². The van der Waals surface area contributed by atoms with E-state index < -0.39 is 41.8 Å². The number of carbonyl (C=O) groups excluding carboxylic acids is 1. The van der Waals surface area contributed by atoms with Crippen LogP contribution in [0.3, 0.4) is 0 Å². The summed E-state index contributed by atoms with van der Waals surface area (Å²) < 4.78 is 90.9. The lowest BCUT2D eigenvalue weighted by molar-refractivity contribution is -0.209. The van der Waals surface area contributed by atoms with Gasteiger partial charge in [-0.3, -0.25) is 0 Å². The summed E-state index contributed by atoms with van der Waals surface area (Å²) in [4.78, 5) is 11.2. The number of benzene rings is 2. The molecular weight excluding hydrogens is 438 g/mol. The molecule has 0 aliphatic carbocycles. The fraction of sp³-hybridized carbons (Fsp3) is 0.435. The Hall–Kier alpha value is -2.39. The molecule has 32 heavy (non-hydrogen) atoms. The third kappa shape index (κ3) is 5.69. The monoisotopic (exact) mass is 460 g/mol. The number of carbonyl (C=O) groups is 1. The van der Waals surface area contributed by atoms with Crippen molar-refractivity contribution in [2.24, 2.45) is 5.92 Å². The Bertz CT molecular complexity index is 878. The molecule has 0 aromatic heterocycles. The number of halogens is 6. The van der Waals surface area contributed by atoms with Gasteiger partial charge in [-0.05, 0) is 48.6 Å². The van der Waals surface area contributed by atoms with E-state index in [-0.39, 0.29) is 30.6 Å². The molecule has 1 fully saturated rings. The molecule has 0 N–H and O–H groups in total. The molecule has 1 heterocycles. The minimum atomic E-state index is -4.95. The topological polar surface area (TPSA) is 35.5 Å². The fourth-order valence-electron chi connectivity index (χ4n) is 3.95. The number of aldehydes is 1. The van der Waals surface area contributed by atoms with Crippen LogP contribution in [0.15, 0.2) is 48.5 Å². The Morgan fingerprint density at radius 2 is 1.62 bits per heavy atom. The van der Waals surface area contributed by atoms with Crippen molar-refractivity contribution < 1.29 is 40.6 Å². The quantitative estimate of drug-likeness (QED) is 0.363. The molecular formula is C23H22F6O3. The third-order valence-electron chi connectivity index (χ3n) is 5.57. The van der Waals surface area contributed by atoms with Crippen molar-refractivity contribution >= 4 is 6.29 Å². The maximum atomic E-state index is 13.2. The van der Waals surface area contributed by atoms with E-state index in [1.165, 1.54) is 6.92 Å². The summed E-state index contributed by atoms with van der Waals surface area (Å²) in [6, 6.07) is 10.4. The van der Waals surface area contributed by atoms with E-state index in [0.717, 1.165) is 11.8 Å². The maximum Gasteiger partial charge on any atom is 0.416 e. The van der Waals surface area contributed by atoms with Crippen LogP contribution in [0.1, 0.15) is 54.0 Å². The zero-order chi connectivity index (χ0) is 23.5. The van der Waals surface area contributed by atoms with Crippen LogP contribution < -0.4 is 0 Å². The van der Waals surface area contributed by atoms with Gasteiger partial charge in [0.05, 0.1) is 23.8 Å². The summed E-state index contributed by atoms with van der Waals surface area (Å²) in [6.07, 6.45) is -10.3. The molecule has 0 spiro atoms. The zero-order valence-electron chi connectivity index (χ0n) is 17.1. The minimum Gasteiger partial charge on any atom is -0.352 e. The highest BCUT2D eigenvalue weighted by Gasteiger charge is 2.39. The van der Waals surface area contributed by atoms with Crippen LogP contribution in [0.25, 0.3) is 0 Å². The summed E-state index contributed by atoms with van der Waals surface area (Å²) in [5.74, 6) is -0.529. The molecule has 0 radical (unpaired) electrons. The van der Waals surface area contributed by atoms with Gasteiger partial charge in [-0.25, -0.2) is 0 Å². The van der Waals surface area contributed by atoms with E-state index in [1.54, 1.807) is 12.1 Å². The molecule has 0 bridgehead atoms. The predicted octanol–water partition coefficient (Wildman–Crippen LogP) is 6.54. The first-order valence-electron chi connectivity index (χ1n) is 10.1. The average Bonchev–Trinajstić information content (AvgIpc) is 2.73. The van der Waals surface area contributed by atoms with Crippen molar-refractivity contribution in [2.75, 3.05) is 6.61 Å². The van der Waals surface area contributed by atoms with E-state index in [0.29, 0.717) is 18.6 Å². The molecule has 4 atom stereocenters. The van der Waals surface area contributed by atoms with E-state index in [1.807, 2.05) is 18.2 Å². The van der Waals surface area contributed by atoms with Crippen molar-refractivity contribution in [1.29, 1.82) is 0 Å². The van der Waals surface area contributed by atoms with E-state index in [2.05, 4.69) is 0 Å². The first-order valence-corrected chi connectivity index (χ1v) is 10.1. The van der Waals surface area contributed by atoms with Gasteiger partial charge in [0.25, 0.3) is 0 Å². The maximum absolute atomic E-state index is 13.2. The largest absolute Gasteiger partial charge is 0.416 e. The van der Waals surface area contributed by atoms with Crippen LogP contribution in [-0.4, -0.2) is 19.2 Å². The molecule has 1 saturated heterocycles. The second kappa shape index (κ2) is 9.62. The lowest BCUT2D eigenvalue weighted by Gasteiger charge is -2.39.